The van der Waals surface area contributed by atoms with E-state index in [-0.39, 0.29) is 6.10 Å². The van der Waals surface area contributed by atoms with Crippen LogP contribution in [0.3, 0.4) is 0 Å². The van der Waals surface area contributed by atoms with E-state index in [1.165, 1.54) is 6.26 Å². The van der Waals surface area contributed by atoms with E-state index in [0.717, 1.165) is 54.3 Å². The van der Waals surface area contributed by atoms with E-state index < -0.39 is 9.84 Å². The number of hydrogen-bond acceptors (Lipinski definition) is 5. The number of ether oxygens (including phenoxy) is 1. The van der Waals surface area contributed by atoms with Crippen molar-refractivity contribution in [3.05, 3.63) is 66.5 Å². The average molecular weight is 411 g/mol. The maximum absolute atomic E-state index is 11.5. The number of pyridine rings is 1. The predicted octanol–water partition coefficient (Wildman–Crippen LogP) is 4.12. The molecule has 0 atom stereocenters. The van der Waals surface area contributed by atoms with Gasteiger partial charge in [-0.1, -0.05) is 12.1 Å². The van der Waals surface area contributed by atoms with Crippen LogP contribution in [-0.4, -0.2) is 31.8 Å². The van der Waals surface area contributed by atoms with Crippen molar-refractivity contribution >= 4 is 20.6 Å². The van der Waals surface area contributed by atoms with E-state index in [2.05, 4.69) is 22.4 Å². The zero-order valence-electron chi connectivity index (χ0n) is 16.5. The number of aromatic nitrogens is 1. The minimum Gasteiger partial charge on any atom is -0.490 e. The van der Waals surface area contributed by atoms with Crippen LogP contribution in [0.15, 0.2) is 65.8 Å². The number of benzene rings is 2. The van der Waals surface area contributed by atoms with E-state index in [9.17, 15) is 8.42 Å². The van der Waals surface area contributed by atoms with Crippen molar-refractivity contribution in [1.82, 2.24) is 10.3 Å². The molecule has 5 nitrogen and oxygen atoms in total. The van der Waals surface area contributed by atoms with Crippen LogP contribution < -0.4 is 10.1 Å². The number of fused-ring (bicyclic) bond motifs is 1. The first kappa shape index (κ1) is 19.9. The Bertz CT molecular complexity index is 1070. The van der Waals surface area contributed by atoms with E-state index in [0.29, 0.717) is 10.9 Å². The zero-order valence-corrected chi connectivity index (χ0v) is 17.4. The molecule has 1 heterocycles. The molecule has 0 amide bonds. The first-order chi connectivity index (χ1) is 14.0. The highest BCUT2D eigenvalue weighted by Gasteiger charge is 2.22. The van der Waals surface area contributed by atoms with Crippen LogP contribution in [-0.2, 0) is 16.4 Å². The van der Waals surface area contributed by atoms with Gasteiger partial charge in [0.05, 0.1) is 11.0 Å². The van der Waals surface area contributed by atoms with Gasteiger partial charge in [0, 0.05) is 36.6 Å². The summed E-state index contributed by atoms with van der Waals surface area (Å²) >= 11 is 0. The largest absolute Gasteiger partial charge is 0.490 e. The lowest BCUT2D eigenvalue weighted by atomic mass is 9.92. The summed E-state index contributed by atoms with van der Waals surface area (Å²) in [7, 11) is -3.14. The number of hydrogen-bond donors (Lipinski definition) is 1. The molecule has 29 heavy (non-hydrogen) atoms. The van der Waals surface area contributed by atoms with Gasteiger partial charge in [0.2, 0.25) is 0 Å². The van der Waals surface area contributed by atoms with E-state index in [1.54, 1.807) is 18.3 Å². The fourth-order valence-electron chi connectivity index (χ4n) is 3.83. The molecule has 1 saturated carbocycles. The molecule has 4 rings (SSSR count). The van der Waals surface area contributed by atoms with Gasteiger partial charge in [0.25, 0.3) is 0 Å². The lowest BCUT2D eigenvalue weighted by Gasteiger charge is -2.29. The molecule has 0 radical (unpaired) electrons. The van der Waals surface area contributed by atoms with Crippen molar-refractivity contribution in [2.45, 2.75) is 49.3 Å². The van der Waals surface area contributed by atoms with Crippen molar-refractivity contribution in [2.75, 3.05) is 6.26 Å². The Hall–Kier alpha value is -2.44. The van der Waals surface area contributed by atoms with Crippen molar-refractivity contribution in [1.29, 1.82) is 0 Å². The number of rotatable bonds is 6. The maximum Gasteiger partial charge on any atom is 0.175 e. The third kappa shape index (κ3) is 5.14. The van der Waals surface area contributed by atoms with Crippen LogP contribution in [0.5, 0.6) is 5.75 Å². The van der Waals surface area contributed by atoms with Gasteiger partial charge in [0.1, 0.15) is 5.75 Å². The van der Waals surface area contributed by atoms with Crippen molar-refractivity contribution in [3.63, 3.8) is 0 Å². The first-order valence-electron chi connectivity index (χ1n) is 10.0. The second kappa shape index (κ2) is 8.51. The highest BCUT2D eigenvalue weighted by atomic mass is 32.2. The van der Waals surface area contributed by atoms with Crippen LogP contribution in [0.2, 0.25) is 0 Å². The molecule has 2 aromatic carbocycles. The Balaban J connectivity index is 1.26. The summed E-state index contributed by atoms with van der Waals surface area (Å²) in [6.07, 6.45) is 9.35. The summed E-state index contributed by atoms with van der Waals surface area (Å²) in [4.78, 5) is 4.51. The van der Waals surface area contributed by atoms with Gasteiger partial charge < -0.3 is 10.1 Å². The Labute approximate surface area is 172 Å². The maximum atomic E-state index is 11.5. The minimum absolute atomic E-state index is 0.251. The van der Waals surface area contributed by atoms with E-state index in [4.69, 9.17) is 4.74 Å². The van der Waals surface area contributed by atoms with Gasteiger partial charge in [-0.2, -0.15) is 0 Å². The number of nitrogens with one attached hydrogen (secondary N) is 1. The van der Waals surface area contributed by atoms with Crippen molar-refractivity contribution in [2.24, 2.45) is 0 Å². The highest BCUT2D eigenvalue weighted by Crippen LogP contribution is 2.26. The Morgan fingerprint density at radius 3 is 2.48 bits per heavy atom. The quantitative estimate of drug-likeness (QED) is 0.662. The molecule has 1 fully saturated rings. The molecule has 152 valence electrons. The zero-order chi connectivity index (χ0) is 20.3. The predicted molar refractivity (Wildman–Crippen MR) is 115 cm³/mol. The fourth-order valence-corrected chi connectivity index (χ4v) is 4.46. The molecule has 0 aliphatic heterocycles. The van der Waals surface area contributed by atoms with Gasteiger partial charge in [-0.3, -0.25) is 4.98 Å². The van der Waals surface area contributed by atoms with Crippen LogP contribution in [0.1, 0.15) is 31.2 Å². The molecular weight excluding hydrogens is 384 g/mol. The summed E-state index contributed by atoms with van der Waals surface area (Å²) in [5, 5.41) is 5.86. The molecule has 0 saturated heterocycles. The summed E-state index contributed by atoms with van der Waals surface area (Å²) in [5.74, 6) is 0.922. The standard InChI is InChI=1S/C23H26N2O3S/c1-29(26,27)23-10-2-17(3-11-23)15-25-20-5-8-21(9-6-20)28-22-7-4-19-16-24-13-12-18(19)14-22/h2-4,7,10-14,16,20-21,25H,5-6,8-9,15H2,1H3. The van der Waals surface area contributed by atoms with E-state index in [1.807, 2.05) is 30.5 Å². The molecular formula is C23H26N2O3S. The lowest BCUT2D eigenvalue weighted by molar-refractivity contribution is 0.139. The lowest BCUT2D eigenvalue weighted by Crippen LogP contribution is -2.35. The topological polar surface area (TPSA) is 68.3 Å². The third-order valence-electron chi connectivity index (χ3n) is 5.54. The molecule has 3 aromatic rings. The first-order valence-corrected chi connectivity index (χ1v) is 11.9. The molecule has 0 bridgehead atoms. The molecule has 1 aliphatic rings. The summed E-state index contributed by atoms with van der Waals surface area (Å²) in [6.45, 7) is 0.749. The minimum atomic E-state index is -3.14. The molecule has 1 aromatic heterocycles. The second-order valence-electron chi connectivity index (χ2n) is 7.77. The van der Waals surface area contributed by atoms with Crippen LogP contribution in [0.4, 0.5) is 0 Å². The van der Waals surface area contributed by atoms with Crippen LogP contribution >= 0.6 is 0 Å². The smallest absolute Gasteiger partial charge is 0.175 e. The van der Waals surface area contributed by atoms with Gasteiger partial charge in [-0.05, 0) is 73.0 Å². The monoisotopic (exact) mass is 410 g/mol. The van der Waals surface area contributed by atoms with Gasteiger partial charge in [0.15, 0.2) is 9.84 Å². The number of nitrogens with zero attached hydrogens (tertiary/aromatic N) is 1. The molecule has 1 N–H and O–H groups in total. The van der Waals surface area contributed by atoms with Gasteiger partial charge in [-0.15, -0.1) is 0 Å². The fraction of sp³-hybridized carbons (Fsp3) is 0.348. The Morgan fingerprint density at radius 1 is 1.00 bits per heavy atom. The Kier molecular flexibility index (Phi) is 5.83. The number of sulfone groups is 1. The van der Waals surface area contributed by atoms with Crippen LogP contribution in [0.25, 0.3) is 10.8 Å². The average Bonchev–Trinajstić information content (AvgIpc) is 2.73. The van der Waals surface area contributed by atoms with Gasteiger partial charge in [-0.25, -0.2) is 8.42 Å². The molecule has 0 spiro atoms. The van der Waals surface area contributed by atoms with Crippen LogP contribution in [0, 0.1) is 0 Å². The second-order valence-corrected chi connectivity index (χ2v) is 9.79. The van der Waals surface area contributed by atoms with Gasteiger partial charge >= 0.3 is 0 Å². The molecule has 0 unspecified atom stereocenters. The summed E-state index contributed by atoms with van der Waals surface area (Å²) in [5.41, 5.74) is 1.10. The normalized spacial score (nSPS) is 19.9. The highest BCUT2D eigenvalue weighted by molar-refractivity contribution is 7.90. The SMILES string of the molecule is CS(=O)(=O)c1ccc(CNC2CCC(Oc3ccc4cnccc4c3)CC2)cc1. The summed E-state index contributed by atoms with van der Waals surface area (Å²) < 4.78 is 29.3. The third-order valence-corrected chi connectivity index (χ3v) is 6.66. The van der Waals surface area contributed by atoms with Crippen molar-refractivity contribution < 1.29 is 13.2 Å². The van der Waals surface area contributed by atoms with Crippen molar-refractivity contribution in [3.8, 4) is 5.75 Å². The molecule has 6 heteroatoms. The van der Waals surface area contributed by atoms with E-state index >= 15 is 0 Å². The summed E-state index contributed by atoms with van der Waals surface area (Å²) in [6, 6.07) is 15.8. The molecule has 1 aliphatic carbocycles. The Morgan fingerprint density at radius 2 is 1.76 bits per heavy atom.